The molecule has 0 aliphatic heterocycles. The number of nitrogens with one attached hydrogen (secondary N) is 1. The molecule has 0 atom stereocenters. The third-order valence-electron chi connectivity index (χ3n) is 3.02. The SMILES string of the molecule is CCOC(=O)Nc1ccc(C(=O)N(C)Cc2ccc(Cl)s2)cc1. The number of rotatable bonds is 5. The van der Waals surface area contributed by atoms with E-state index >= 15 is 0 Å². The number of hydrogen-bond acceptors (Lipinski definition) is 4. The molecule has 1 aromatic carbocycles. The number of amides is 2. The summed E-state index contributed by atoms with van der Waals surface area (Å²) >= 11 is 7.34. The smallest absolute Gasteiger partial charge is 0.411 e. The number of carbonyl (C=O) groups excluding carboxylic acids is 2. The van der Waals surface area contributed by atoms with Crippen LogP contribution in [-0.4, -0.2) is 30.6 Å². The standard InChI is InChI=1S/C16H17ClN2O3S/c1-3-22-16(21)18-12-6-4-11(5-7-12)15(20)19(2)10-13-8-9-14(17)23-13/h4-9H,3,10H2,1-2H3,(H,18,21). The molecular formula is C16H17ClN2O3S. The van der Waals surface area contributed by atoms with E-state index < -0.39 is 6.09 Å². The second-order valence-electron chi connectivity index (χ2n) is 4.79. The molecule has 2 rings (SSSR count). The van der Waals surface area contributed by atoms with E-state index in [0.29, 0.717) is 28.7 Å². The zero-order chi connectivity index (χ0) is 16.8. The van der Waals surface area contributed by atoms with Crippen LogP contribution < -0.4 is 5.32 Å². The molecule has 0 saturated heterocycles. The molecule has 7 heteroatoms. The molecule has 0 spiro atoms. The van der Waals surface area contributed by atoms with Crippen LogP contribution in [0.1, 0.15) is 22.2 Å². The summed E-state index contributed by atoms with van der Waals surface area (Å²) in [4.78, 5) is 26.3. The summed E-state index contributed by atoms with van der Waals surface area (Å²) in [5, 5.41) is 2.58. The third kappa shape index (κ3) is 4.97. The van der Waals surface area contributed by atoms with Crippen molar-refractivity contribution in [2.24, 2.45) is 0 Å². The lowest BCUT2D eigenvalue weighted by Crippen LogP contribution is -2.25. The second kappa shape index (κ2) is 7.99. The molecule has 2 aromatic rings. The number of benzene rings is 1. The molecule has 0 saturated carbocycles. The molecule has 1 aromatic heterocycles. The number of anilines is 1. The van der Waals surface area contributed by atoms with Crippen molar-refractivity contribution in [3.8, 4) is 0 Å². The Labute approximate surface area is 143 Å². The predicted octanol–water partition coefficient (Wildman–Crippen LogP) is 4.24. The van der Waals surface area contributed by atoms with Gasteiger partial charge in [0.05, 0.1) is 17.5 Å². The minimum absolute atomic E-state index is 0.0998. The van der Waals surface area contributed by atoms with E-state index in [1.807, 2.05) is 12.1 Å². The highest BCUT2D eigenvalue weighted by Gasteiger charge is 2.13. The lowest BCUT2D eigenvalue weighted by Gasteiger charge is -2.16. The van der Waals surface area contributed by atoms with Gasteiger partial charge in [0.15, 0.2) is 0 Å². The van der Waals surface area contributed by atoms with Crippen molar-refractivity contribution in [2.45, 2.75) is 13.5 Å². The van der Waals surface area contributed by atoms with Gasteiger partial charge in [0, 0.05) is 23.2 Å². The van der Waals surface area contributed by atoms with E-state index in [-0.39, 0.29) is 5.91 Å². The van der Waals surface area contributed by atoms with Crippen LogP contribution in [0.2, 0.25) is 4.34 Å². The molecule has 0 bridgehead atoms. The maximum atomic E-state index is 12.4. The highest BCUT2D eigenvalue weighted by Crippen LogP contribution is 2.23. The van der Waals surface area contributed by atoms with Gasteiger partial charge < -0.3 is 9.64 Å². The van der Waals surface area contributed by atoms with Gasteiger partial charge in [0.25, 0.3) is 5.91 Å². The largest absolute Gasteiger partial charge is 0.450 e. The van der Waals surface area contributed by atoms with Crippen LogP contribution in [0.4, 0.5) is 10.5 Å². The van der Waals surface area contributed by atoms with E-state index in [9.17, 15) is 9.59 Å². The quantitative estimate of drug-likeness (QED) is 0.875. The Bertz CT molecular complexity index is 685. The summed E-state index contributed by atoms with van der Waals surface area (Å²) in [7, 11) is 1.74. The average molecular weight is 353 g/mol. The molecule has 0 aliphatic carbocycles. The van der Waals surface area contributed by atoms with Crippen molar-refractivity contribution in [1.82, 2.24) is 4.90 Å². The number of hydrogen-bond donors (Lipinski definition) is 1. The van der Waals surface area contributed by atoms with E-state index in [2.05, 4.69) is 5.32 Å². The van der Waals surface area contributed by atoms with Gasteiger partial charge in [-0.25, -0.2) is 4.79 Å². The summed E-state index contributed by atoms with van der Waals surface area (Å²) in [6, 6.07) is 10.4. The van der Waals surface area contributed by atoms with Crippen LogP contribution in [0.15, 0.2) is 36.4 Å². The van der Waals surface area contributed by atoms with Crippen LogP contribution in [0.25, 0.3) is 0 Å². The molecule has 122 valence electrons. The number of ether oxygens (including phenoxy) is 1. The van der Waals surface area contributed by atoms with E-state index in [1.165, 1.54) is 11.3 Å². The first-order valence-electron chi connectivity index (χ1n) is 7.03. The second-order valence-corrected chi connectivity index (χ2v) is 6.59. The number of carbonyl (C=O) groups is 2. The number of nitrogens with zero attached hydrogens (tertiary/aromatic N) is 1. The first-order chi connectivity index (χ1) is 11.0. The zero-order valence-corrected chi connectivity index (χ0v) is 14.4. The molecule has 23 heavy (non-hydrogen) atoms. The lowest BCUT2D eigenvalue weighted by molar-refractivity contribution is 0.0786. The third-order valence-corrected chi connectivity index (χ3v) is 4.24. The molecule has 0 radical (unpaired) electrons. The van der Waals surface area contributed by atoms with Crippen molar-refractivity contribution in [3.05, 3.63) is 51.2 Å². The maximum Gasteiger partial charge on any atom is 0.411 e. The summed E-state index contributed by atoms with van der Waals surface area (Å²) in [5.74, 6) is -0.0998. The number of halogens is 1. The zero-order valence-electron chi connectivity index (χ0n) is 12.8. The molecule has 0 unspecified atom stereocenters. The van der Waals surface area contributed by atoms with Crippen molar-refractivity contribution in [1.29, 1.82) is 0 Å². The summed E-state index contributed by atoms with van der Waals surface area (Å²) < 4.78 is 5.50. The van der Waals surface area contributed by atoms with Gasteiger partial charge in [0.1, 0.15) is 0 Å². The topological polar surface area (TPSA) is 58.6 Å². The van der Waals surface area contributed by atoms with Crippen molar-refractivity contribution in [3.63, 3.8) is 0 Å². The summed E-state index contributed by atoms with van der Waals surface area (Å²) in [5.41, 5.74) is 1.12. The molecule has 5 nitrogen and oxygen atoms in total. The lowest BCUT2D eigenvalue weighted by atomic mass is 10.2. The summed E-state index contributed by atoms with van der Waals surface area (Å²) in [6.07, 6.45) is -0.515. The number of thiophene rings is 1. The van der Waals surface area contributed by atoms with Crippen molar-refractivity contribution < 1.29 is 14.3 Å². The monoisotopic (exact) mass is 352 g/mol. The highest BCUT2D eigenvalue weighted by molar-refractivity contribution is 7.16. The van der Waals surface area contributed by atoms with Crippen molar-refractivity contribution >= 4 is 40.6 Å². The van der Waals surface area contributed by atoms with Gasteiger partial charge in [-0.15, -0.1) is 11.3 Å². The van der Waals surface area contributed by atoms with Crippen LogP contribution in [0, 0.1) is 0 Å². The highest BCUT2D eigenvalue weighted by atomic mass is 35.5. The van der Waals surface area contributed by atoms with Gasteiger partial charge in [-0.3, -0.25) is 10.1 Å². The molecule has 0 aliphatic rings. The Hall–Kier alpha value is -2.05. The molecule has 1 heterocycles. The van der Waals surface area contributed by atoms with Gasteiger partial charge >= 0.3 is 6.09 Å². The van der Waals surface area contributed by atoms with Crippen LogP contribution in [0.5, 0.6) is 0 Å². The molecular weight excluding hydrogens is 336 g/mol. The predicted molar refractivity (Wildman–Crippen MR) is 92.2 cm³/mol. The summed E-state index contributed by atoms with van der Waals surface area (Å²) in [6.45, 7) is 2.54. The first-order valence-corrected chi connectivity index (χ1v) is 8.22. The Morgan fingerprint density at radius 1 is 1.22 bits per heavy atom. The average Bonchev–Trinajstić information content (AvgIpc) is 2.92. The molecule has 1 N–H and O–H groups in total. The van der Waals surface area contributed by atoms with Gasteiger partial charge in [-0.2, -0.15) is 0 Å². The fraction of sp³-hybridized carbons (Fsp3) is 0.250. The van der Waals surface area contributed by atoms with Gasteiger partial charge in [0.2, 0.25) is 0 Å². The van der Waals surface area contributed by atoms with Gasteiger partial charge in [-0.1, -0.05) is 11.6 Å². The van der Waals surface area contributed by atoms with E-state index in [4.69, 9.17) is 16.3 Å². The Morgan fingerprint density at radius 2 is 1.91 bits per heavy atom. The van der Waals surface area contributed by atoms with Gasteiger partial charge in [-0.05, 0) is 43.3 Å². The van der Waals surface area contributed by atoms with Crippen molar-refractivity contribution in [2.75, 3.05) is 19.0 Å². The minimum atomic E-state index is -0.515. The Morgan fingerprint density at radius 3 is 2.48 bits per heavy atom. The molecule has 2 amide bonds. The first kappa shape index (κ1) is 17.3. The Kier molecular flexibility index (Phi) is 6.01. The Balaban J connectivity index is 1.97. The fourth-order valence-electron chi connectivity index (χ4n) is 1.94. The van der Waals surface area contributed by atoms with Crippen LogP contribution in [0.3, 0.4) is 0 Å². The van der Waals surface area contributed by atoms with E-state index in [1.54, 1.807) is 43.1 Å². The van der Waals surface area contributed by atoms with E-state index in [0.717, 1.165) is 4.88 Å². The maximum absolute atomic E-state index is 12.4. The van der Waals surface area contributed by atoms with Crippen LogP contribution >= 0.6 is 22.9 Å². The van der Waals surface area contributed by atoms with Crippen LogP contribution in [-0.2, 0) is 11.3 Å². The minimum Gasteiger partial charge on any atom is -0.450 e. The molecule has 0 fully saturated rings. The normalized spacial score (nSPS) is 10.2. The fourth-order valence-corrected chi connectivity index (χ4v) is 3.08.